The standard InChI is InChI=1S/C30H28N4O3S/c1-37-25-15-9-22(10-16-25)29(36)34-19-17-33(18-20-34)24-13-11-23(12-14-24)31-30(38)32-28(35)27-8-4-6-21-5-2-3-7-26(21)27/h2-16H,17-20H2,1H3,(H2,31,32,35,38). The van der Waals surface area contributed by atoms with Gasteiger partial charge in [0.05, 0.1) is 7.11 Å². The van der Waals surface area contributed by atoms with Gasteiger partial charge in [-0.25, -0.2) is 0 Å². The van der Waals surface area contributed by atoms with Crippen LogP contribution in [0, 0.1) is 0 Å². The van der Waals surface area contributed by atoms with E-state index in [1.165, 1.54) is 0 Å². The molecule has 0 unspecified atom stereocenters. The summed E-state index contributed by atoms with van der Waals surface area (Å²) < 4.78 is 5.17. The van der Waals surface area contributed by atoms with E-state index in [2.05, 4.69) is 15.5 Å². The van der Waals surface area contributed by atoms with E-state index >= 15 is 0 Å². The number of hydrogen-bond acceptors (Lipinski definition) is 5. The van der Waals surface area contributed by atoms with Gasteiger partial charge in [-0.2, -0.15) is 0 Å². The van der Waals surface area contributed by atoms with Gasteiger partial charge in [-0.1, -0.05) is 36.4 Å². The normalized spacial score (nSPS) is 13.2. The minimum absolute atomic E-state index is 0.0333. The molecule has 8 heteroatoms. The summed E-state index contributed by atoms with van der Waals surface area (Å²) in [5.41, 5.74) is 3.09. The number of piperazine rings is 1. The second-order valence-corrected chi connectivity index (χ2v) is 9.40. The van der Waals surface area contributed by atoms with Gasteiger partial charge in [0.15, 0.2) is 5.11 Å². The quantitative estimate of drug-likeness (QED) is 0.361. The first-order valence-corrected chi connectivity index (χ1v) is 12.8. The van der Waals surface area contributed by atoms with Gasteiger partial charge in [-0.05, 0) is 77.6 Å². The van der Waals surface area contributed by atoms with Crippen LogP contribution in [0.15, 0.2) is 91.0 Å². The minimum atomic E-state index is -0.252. The molecule has 2 N–H and O–H groups in total. The maximum absolute atomic E-state index is 12.8. The number of anilines is 2. The molecular formula is C30H28N4O3S. The molecule has 1 aliphatic heterocycles. The highest BCUT2D eigenvalue weighted by Crippen LogP contribution is 2.22. The molecule has 0 radical (unpaired) electrons. The smallest absolute Gasteiger partial charge is 0.258 e. The lowest BCUT2D eigenvalue weighted by Gasteiger charge is -2.36. The molecule has 5 rings (SSSR count). The third-order valence-corrected chi connectivity index (χ3v) is 6.86. The molecule has 0 atom stereocenters. The lowest BCUT2D eigenvalue weighted by atomic mass is 10.0. The molecule has 192 valence electrons. The maximum Gasteiger partial charge on any atom is 0.258 e. The number of carbonyl (C=O) groups excluding carboxylic acids is 2. The Bertz CT molecular complexity index is 1460. The van der Waals surface area contributed by atoms with Crippen molar-refractivity contribution in [2.24, 2.45) is 0 Å². The topological polar surface area (TPSA) is 73.9 Å². The highest BCUT2D eigenvalue weighted by Gasteiger charge is 2.22. The summed E-state index contributed by atoms with van der Waals surface area (Å²) in [4.78, 5) is 29.8. The fourth-order valence-electron chi connectivity index (χ4n) is 4.60. The second-order valence-electron chi connectivity index (χ2n) is 8.99. The fourth-order valence-corrected chi connectivity index (χ4v) is 4.81. The van der Waals surface area contributed by atoms with Gasteiger partial charge in [-0.15, -0.1) is 0 Å². The van der Waals surface area contributed by atoms with Crippen LogP contribution in [0.1, 0.15) is 20.7 Å². The summed E-state index contributed by atoms with van der Waals surface area (Å²) in [6, 6.07) is 28.5. The van der Waals surface area contributed by atoms with Crippen LogP contribution in [0.5, 0.6) is 5.75 Å². The number of benzene rings is 4. The van der Waals surface area contributed by atoms with Crippen LogP contribution in [-0.4, -0.2) is 55.1 Å². The van der Waals surface area contributed by atoms with Crippen molar-refractivity contribution in [1.82, 2.24) is 10.2 Å². The Morgan fingerprint density at radius 3 is 2.21 bits per heavy atom. The van der Waals surface area contributed by atoms with Crippen LogP contribution in [0.4, 0.5) is 11.4 Å². The SMILES string of the molecule is COc1ccc(C(=O)N2CCN(c3ccc(NC(=S)NC(=O)c4cccc5ccccc45)cc3)CC2)cc1. The molecule has 0 aromatic heterocycles. The van der Waals surface area contributed by atoms with Crippen molar-refractivity contribution >= 4 is 51.3 Å². The van der Waals surface area contributed by atoms with Crippen LogP contribution < -0.4 is 20.3 Å². The molecule has 38 heavy (non-hydrogen) atoms. The number of rotatable bonds is 5. The van der Waals surface area contributed by atoms with E-state index in [0.29, 0.717) is 24.2 Å². The molecule has 1 saturated heterocycles. The summed E-state index contributed by atoms with van der Waals surface area (Å²) >= 11 is 5.39. The van der Waals surface area contributed by atoms with Crippen LogP contribution in [0.25, 0.3) is 10.8 Å². The van der Waals surface area contributed by atoms with E-state index in [-0.39, 0.29) is 16.9 Å². The van der Waals surface area contributed by atoms with E-state index in [0.717, 1.165) is 41.0 Å². The average Bonchev–Trinajstić information content (AvgIpc) is 2.97. The first-order valence-electron chi connectivity index (χ1n) is 12.4. The Balaban J connectivity index is 1.14. The number of nitrogens with one attached hydrogen (secondary N) is 2. The molecule has 0 spiro atoms. The first kappa shape index (κ1) is 25.2. The fraction of sp³-hybridized carbons (Fsp3) is 0.167. The highest BCUT2D eigenvalue weighted by molar-refractivity contribution is 7.80. The Morgan fingerprint density at radius 2 is 1.50 bits per heavy atom. The van der Waals surface area contributed by atoms with Gasteiger partial charge >= 0.3 is 0 Å². The number of nitrogens with zero attached hydrogens (tertiary/aromatic N) is 2. The molecule has 4 aromatic rings. The average molecular weight is 525 g/mol. The third-order valence-electron chi connectivity index (χ3n) is 6.66. The summed E-state index contributed by atoms with van der Waals surface area (Å²) in [6.45, 7) is 2.78. The Morgan fingerprint density at radius 1 is 0.816 bits per heavy atom. The Kier molecular flexibility index (Phi) is 7.51. The highest BCUT2D eigenvalue weighted by atomic mass is 32.1. The summed E-state index contributed by atoms with van der Waals surface area (Å²) in [5, 5.41) is 7.98. The van der Waals surface area contributed by atoms with Crippen molar-refractivity contribution in [3.63, 3.8) is 0 Å². The van der Waals surface area contributed by atoms with Crippen LogP contribution in [0.3, 0.4) is 0 Å². The molecule has 0 saturated carbocycles. The Hall–Kier alpha value is -4.43. The number of methoxy groups -OCH3 is 1. The predicted octanol–water partition coefficient (Wildman–Crippen LogP) is 4.94. The molecule has 0 aliphatic carbocycles. The van der Waals surface area contributed by atoms with Crippen LogP contribution >= 0.6 is 12.2 Å². The van der Waals surface area contributed by atoms with Gasteiger partial charge in [-0.3, -0.25) is 14.9 Å². The maximum atomic E-state index is 12.8. The van der Waals surface area contributed by atoms with E-state index in [1.807, 2.05) is 65.6 Å². The second kappa shape index (κ2) is 11.3. The molecule has 2 amide bonds. The van der Waals surface area contributed by atoms with Crippen molar-refractivity contribution in [3.8, 4) is 5.75 Å². The number of ether oxygens (including phenoxy) is 1. The van der Waals surface area contributed by atoms with Gasteiger partial charge in [0.25, 0.3) is 11.8 Å². The van der Waals surface area contributed by atoms with Crippen molar-refractivity contribution in [2.75, 3.05) is 43.5 Å². The molecule has 7 nitrogen and oxygen atoms in total. The van der Waals surface area contributed by atoms with E-state index < -0.39 is 0 Å². The van der Waals surface area contributed by atoms with Crippen molar-refractivity contribution in [1.29, 1.82) is 0 Å². The molecule has 1 fully saturated rings. The number of amides is 2. The van der Waals surface area contributed by atoms with Crippen molar-refractivity contribution in [3.05, 3.63) is 102 Å². The summed E-state index contributed by atoms with van der Waals surface area (Å²) in [7, 11) is 1.61. The number of fused-ring (bicyclic) bond motifs is 1. The van der Waals surface area contributed by atoms with Gasteiger partial charge < -0.3 is 19.9 Å². The zero-order valence-electron chi connectivity index (χ0n) is 21.0. The zero-order valence-corrected chi connectivity index (χ0v) is 21.8. The Labute approximate surface area is 227 Å². The van der Waals surface area contributed by atoms with Crippen LogP contribution in [0.2, 0.25) is 0 Å². The summed E-state index contributed by atoms with van der Waals surface area (Å²) in [6.07, 6.45) is 0. The number of thiocarbonyl (C=S) groups is 1. The largest absolute Gasteiger partial charge is 0.497 e. The van der Waals surface area contributed by atoms with Gasteiger partial charge in [0.2, 0.25) is 0 Å². The number of hydrogen-bond donors (Lipinski definition) is 2. The van der Waals surface area contributed by atoms with Gasteiger partial charge in [0.1, 0.15) is 5.75 Å². The number of carbonyl (C=O) groups is 2. The van der Waals surface area contributed by atoms with Crippen molar-refractivity contribution < 1.29 is 14.3 Å². The first-order chi connectivity index (χ1) is 18.5. The third kappa shape index (κ3) is 5.60. The van der Waals surface area contributed by atoms with E-state index in [4.69, 9.17) is 17.0 Å². The van der Waals surface area contributed by atoms with Crippen LogP contribution in [-0.2, 0) is 0 Å². The molecule has 1 aliphatic rings. The van der Waals surface area contributed by atoms with Crippen molar-refractivity contribution in [2.45, 2.75) is 0 Å². The lowest BCUT2D eigenvalue weighted by Crippen LogP contribution is -2.48. The summed E-state index contributed by atoms with van der Waals surface area (Å²) in [5.74, 6) is 0.515. The minimum Gasteiger partial charge on any atom is -0.497 e. The molecular weight excluding hydrogens is 496 g/mol. The lowest BCUT2D eigenvalue weighted by molar-refractivity contribution is 0.0746. The zero-order chi connectivity index (χ0) is 26.5. The molecule has 0 bridgehead atoms. The van der Waals surface area contributed by atoms with E-state index in [1.54, 1.807) is 37.4 Å². The monoisotopic (exact) mass is 524 g/mol. The molecule has 1 heterocycles. The van der Waals surface area contributed by atoms with E-state index in [9.17, 15) is 9.59 Å². The van der Waals surface area contributed by atoms with Gasteiger partial charge in [0, 0.05) is 48.7 Å². The molecule has 4 aromatic carbocycles. The predicted molar refractivity (Wildman–Crippen MR) is 155 cm³/mol.